The Bertz CT molecular complexity index is 411. The summed E-state index contributed by atoms with van der Waals surface area (Å²) in [5.74, 6) is 0.711. The van der Waals surface area contributed by atoms with Gasteiger partial charge in [-0.15, -0.1) is 0 Å². The summed E-state index contributed by atoms with van der Waals surface area (Å²) in [6.45, 7) is 7.39. The first kappa shape index (κ1) is 15.5. The van der Waals surface area contributed by atoms with Crippen molar-refractivity contribution in [1.82, 2.24) is 4.90 Å². The molecule has 1 aromatic rings. The summed E-state index contributed by atoms with van der Waals surface area (Å²) in [6, 6.07) is 9.25. The lowest BCUT2D eigenvalue weighted by molar-refractivity contribution is 0.0736. The number of benzene rings is 1. The maximum absolute atomic E-state index is 6.28. The molecule has 0 bridgehead atoms. The number of nitrogens with two attached hydrogens (primary N) is 1. The van der Waals surface area contributed by atoms with E-state index in [0.717, 1.165) is 19.7 Å². The SMILES string of the molecule is COCC1CCN(C(c2cccc(C)c2)C(C)N)CC1. The largest absolute Gasteiger partial charge is 0.384 e. The Morgan fingerprint density at radius 3 is 2.60 bits per heavy atom. The van der Waals surface area contributed by atoms with Crippen molar-refractivity contribution in [3.05, 3.63) is 35.4 Å². The molecule has 0 amide bonds. The first-order valence-corrected chi connectivity index (χ1v) is 7.67. The predicted octanol–water partition coefficient (Wildman–Crippen LogP) is 2.74. The number of methoxy groups -OCH3 is 1. The lowest BCUT2D eigenvalue weighted by Crippen LogP contribution is -2.44. The van der Waals surface area contributed by atoms with Crippen LogP contribution in [0.25, 0.3) is 0 Å². The Labute approximate surface area is 123 Å². The van der Waals surface area contributed by atoms with Gasteiger partial charge in [0, 0.05) is 25.8 Å². The fourth-order valence-electron chi connectivity index (χ4n) is 3.33. The molecule has 1 aliphatic rings. The van der Waals surface area contributed by atoms with Crippen LogP contribution >= 0.6 is 0 Å². The quantitative estimate of drug-likeness (QED) is 0.898. The first-order valence-electron chi connectivity index (χ1n) is 7.67. The second-order valence-corrected chi connectivity index (χ2v) is 6.15. The van der Waals surface area contributed by atoms with Crippen LogP contribution in [0, 0.1) is 12.8 Å². The van der Waals surface area contributed by atoms with Crippen molar-refractivity contribution in [3.63, 3.8) is 0 Å². The highest BCUT2D eigenvalue weighted by atomic mass is 16.5. The zero-order valence-corrected chi connectivity index (χ0v) is 13.0. The predicted molar refractivity (Wildman–Crippen MR) is 83.7 cm³/mol. The van der Waals surface area contributed by atoms with Gasteiger partial charge in [-0.1, -0.05) is 29.8 Å². The van der Waals surface area contributed by atoms with Gasteiger partial charge in [-0.25, -0.2) is 0 Å². The minimum atomic E-state index is 0.149. The highest BCUT2D eigenvalue weighted by Gasteiger charge is 2.28. The Kier molecular flexibility index (Phi) is 5.58. The van der Waals surface area contributed by atoms with Gasteiger partial charge in [-0.2, -0.15) is 0 Å². The highest BCUT2D eigenvalue weighted by molar-refractivity contribution is 5.26. The molecule has 3 nitrogen and oxygen atoms in total. The van der Waals surface area contributed by atoms with Gasteiger partial charge in [-0.3, -0.25) is 4.90 Å². The molecular formula is C17H28N2O. The number of hydrogen-bond donors (Lipinski definition) is 1. The average molecular weight is 276 g/mol. The molecule has 2 rings (SSSR count). The molecule has 2 unspecified atom stereocenters. The van der Waals surface area contributed by atoms with Gasteiger partial charge in [0.05, 0.1) is 0 Å². The molecule has 3 heteroatoms. The van der Waals surface area contributed by atoms with E-state index in [1.54, 1.807) is 7.11 Å². The van der Waals surface area contributed by atoms with Crippen LogP contribution in [0.3, 0.4) is 0 Å². The second kappa shape index (κ2) is 7.21. The molecule has 0 aliphatic carbocycles. The number of likely N-dealkylation sites (tertiary alicyclic amines) is 1. The zero-order chi connectivity index (χ0) is 14.5. The van der Waals surface area contributed by atoms with Gasteiger partial charge >= 0.3 is 0 Å². The van der Waals surface area contributed by atoms with Crippen LogP contribution < -0.4 is 5.73 Å². The molecule has 1 aliphatic heterocycles. The van der Waals surface area contributed by atoms with Crippen LogP contribution in [0.5, 0.6) is 0 Å². The maximum atomic E-state index is 6.28. The van der Waals surface area contributed by atoms with E-state index < -0.39 is 0 Å². The maximum Gasteiger partial charge on any atom is 0.0496 e. The topological polar surface area (TPSA) is 38.5 Å². The molecule has 1 aromatic carbocycles. The molecule has 0 saturated carbocycles. The van der Waals surface area contributed by atoms with E-state index in [2.05, 4.69) is 43.0 Å². The van der Waals surface area contributed by atoms with Crippen molar-refractivity contribution >= 4 is 0 Å². The zero-order valence-electron chi connectivity index (χ0n) is 13.0. The summed E-state index contributed by atoms with van der Waals surface area (Å²) in [5, 5.41) is 0. The molecule has 0 aromatic heterocycles. The van der Waals surface area contributed by atoms with E-state index in [4.69, 9.17) is 10.5 Å². The second-order valence-electron chi connectivity index (χ2n) is 6.15. The van der Waals surface area contributed by atoms with Crippen LogP contribution in [0.1, 0.15) is 36.9 Å². The fraction of sp³-hybridized carbons (Fsp3) is 0.647. The van der Waals surface area contributed by atoms with Crippen LogP contribution in [-0.4, -0.2) is 37.7 Å². The highest BCUT2D eigenvalue weighted by Crippen LogP contribution is 2.29. The first-order chi connectivity index (χ1) is 9.61. The lowest BCUT2D eigenvalue weighted by Gasteiger charge is -2.39. The molecule has 0 radical (unpaired) electrons. The third-order valence-electron chi connectivity index (χ3n) is 4.33. The van der Waals surface area contributed by atoms with E-state index in [9.17, 15) is 0 Å². The Morgan fingerprint density at radius 1 is 1.35 bits per heavy atom. The number of piperidine rings is 1. The molecular weight excluding hydrogens is 248 g/mol. The minimum Gasteiger partial charge on any atom is -0.384 e. The van der Waals surface area contributed by atoms with Crippen molar-refractivity contribution in [2.24, 2.45) is 11.7 Å². The fourth-order valence-corrected chi connectivity index (χ4v) is 3.33. The number of nitrogens with zero attached hydrogens (tertiary/aromatic N) is 1. The van der Waals surface area contributed by atoms with E-state index in [1.165, 1.54) is 24.0 Å². The van der Waals surface area contributed by atoms with Crippen LogP contribution in [-0.2, 0) is 4.74 Å². The van der Waals surface area contributed by atoms with Crippen molar-refractivity contribution in [2.45, 2.75) is 38.8 Å². The molecule has 1 fully saturated rings. The van der Waals surface area contributed by atoms with Crippen LogP contribution in [0.4, 0.5) is 0 Å². The van der Waals surface area contributed by atoms with Gasteiger partial charge in [0.1, 0.15) is 0 Å². The molecule has 1 heterocycles. The Hall–Kier alpha value is -0.900. The number of hydrogen-bond acceptors (Lipinski definition) is 3. The van der Waals surface area contributed by atoms with E-state index in [-0.39, 0.29) is 6.04 Å². The third-order valence-corrected chi connectivity index (χ3v) is 4.33. The number of ether oxygens (including phenoxy) is 1. The monoisotopic (exact) mass is 276 g/mol. The molecule has 20 heavy (non-hydrogen) atoms. The summed E-state index contributed by atoms with van der Waals surface area (Å²) in [7, 11) is 1.80. The van der Waals surface area contributed by atoms with Crippen molar-refractivity contribution in [1.29, 1.82) is 0 Å². The molecule has 1 saturated heterocycles. The van der Waals surface area contributed by atoms with E-state index in [1.807, 2.05) is 0 Å². The summed E-state index contributed by atoms with van der Waals surface area (Å²) in [5.41, 5.74) is 8.94. The summed E-state index contributed by atoms with van der Waals surface area (Å²) < 4.78 is 5.28. The standard InChI is InChI=1S/C17H28N2O/c1-13-5-4-6-16(11-13)17(14(2)18)19-9-7-15(8-10-19)12-20-3/h4-6,11,14-15,17H,7-10,12,18H2,1-3H3. The average Bonchev–Trinajstić information content (AvgIpc) is 2.41. The minimum absolute atomic E-state index is 0.149. The molecule has 0 spiro atoms. The van der Waals surface area contributed by atoms with Crippen molar-refractivity contribution in [3.8, 4) is 0 Å². The van der Waals surface area contributed by atoms with Crippen LogP contribution in [0.2, 0.25) is 0 Å². The smallest absolute Gasteiger partial charge is 0.0496 e. The summed E-state index contributed by atoms with van der Waals surface area (Å²) >= 11 is 0. The third kappa shape index (κ3) is 3.81. The Morgan fingerprint density at radius 2 is 2.05 bits per heavy atom. The summed E-state index contributed by atoms with van der Waals surface area (Å²) in [6.07, 6.45) is 2.42. The lowest BCUT2D eigenvalue weighted by atomic mass is 9.92. The molecule has 2 N–H and O–H groups in total. The van der Waals surface area contributed by atoms with Gasteiger partial charge in [0.25, 0.3) is 0 Å². The molecule has 2 atom stereocenters. The van der Waals surface area contributed by atoms with Gasteiger partial charge in [0.15, 0.2) is 0 Å². The Balaban J connectivity index is 2.07. The van der Waals surface area contributed by atoms with E-state index >= 15 is 0 Å². The van der Waals surface area contributed by atoms with Gasteiger partial charge in [-0.05, 0) is 51.3 Å². The molecule has 112 valence electrons. The van der Waals surface area contributed by atoms with Crippen molar-refractivity contribution < 1.29 is 4.74 Å². The van der Waals surface area contributed by atoms with Crippen molar-refractivity contribution in [2.75, 3.05) is 26.8 Å². The number of rotatable bonds is 5. The number of aryl methyl sites for hydroxylation is 1. The van der Waals surface area contributed by atoms with Crippen LogP contribution in [0.15, 0.2) is 24.3 Å². The summed E-state index contributed by atoms with van der Waals surface area (Å²) in [4.78, 5) is 2.55. The van der Waals surface area contributed by atoms with Gasteiger partial charge in [0.2, 0.25) is 0 Å². The normalized spacial score (nSPS) is 20.8. The van der Waals surface area contributed by atoms with Gasteiger partial charge < -0.3 is 10.5 Å². The van der Waals surface area contributed by atoms with E-state index in [0.29, 0.717) is 12.0 Å².